The minimum atomic E-state index is -0.564. The molecule has 3 unspecified atom stereocenters. The van der Waals surface area contributed by atoms with E-state index in [4.69, 9.17) is 0 Å². The number of nitrogens with one attached hydrogen (secondary N) is 2. The second-order valence-corrected chi connectivity index (χ2v) is 7.91. The minimum Gasteiger partial charge on any atom is -0.387 e. The molecule has 1 aliphatic carbocycles. The van der Waals surface area contributed by atoms with E-state index < -0.39 is 5.60 Å². The number of likely N-dealkylation sites (tertiary alicyclic amines) is 1. The maximum absolute atomic E-state index is 10.4. The zero-order valence-corrected chi connectivity index (χ0v) is 14.0. The lowest BCUT2D eigenvalue weighted by atomic mass is 10.0. The number of nitrogens with zero attached hydrogens (tertiary/aromatic N) is 2. The Morgan fingerprint density at radius 2 is 2.29 bits per heavy atom. The highest BCUT2D eigenvalue weighted by atomic mass is 32.2. The van der Waals surface area contributed by atoms with E-state index in [9.17, 15) is 5.11 Å². The van der Waals surface area contributed by atoms with Crippen LogP contribution in [0.3, 0.4) is 0 Å². The van der Waals surface area contributed by atoms with Crippen molar-refractivity contribution in [1.29, 1.82) is 0 Å². The average Bonchev–Trinajstić information content (AvgIpc) is 3.12. The standard InChI is InChI=1S/C15H28N4OS/c1-11-7-12(8-19(11)13-3-4-13)18-14(16-2)17-9-15(20)5-6-21-10-15/h11-13,20H,3-10H2,1-2H3,(H2,16,17,18). The van der Waals surface area contributed by atoms with Crippen LogP contribution in [0.1, 0.15) is 32.6 Å². The van der Waals surface area contributed by atoms with Crippen LogP contribution >= 0.6 is 11.8 Å². The fourth-order valence-electron chi connectivity index (χ4n) is 3.45. The molecule has 0 aromatic heterocycles. The summed E-state index contributed by atoms with van der Waals surface area (Å²) < 4.78 is 0. The molecule has 3 N–H and O–H groups in total. The lowest BCUT2D eigenvalue weighted by molar-refractivity contribution is 0.0724. The summed E-state index contributed by atoms with van der Waals surface area (Å²) in [5.41, 5.74) is -0.564. The average molecular weight is 312 g/mol. The molecule has 0 aromatic rings. The number of aliphatic imine (C=N–C) groups is 1. The van der Waals surface area contributed by atoms with E-state index >= 15 is 0 Å². The van der Waals surface area contributed by atoms with Gasteiger partial charge in [0.05, 0.1) is 5.60 Å². The second kappa shape index (κ2) is 6.34. The van der Waals surface area contributed by atoms with Gasteiger partial charge in [0.2, 0.25) is 0 Å². The zero-order chi connectivity index (χ0) is 14.9. The third-order valence-corrected chi connectivity index (χ3v) is 6.10. The molecule has 0 spiro atoms. The van der Waals surface area contributed by atoms with Gasteiger partial charge in [0, 0.05) is 44.0 Å². The molecule has 3 rings (SSSR count). The van der Waals surface area contributed by atoms with E-state index in [1.165, 1.54) is 19.3 Å². The first-order valence-electron chi connectivity index (χ1n) is 8.13. The molecule has 2 saturated heterocycles. The van der Waals surface area contributed by atoms with E-state index in [1.807, 2.05) is 11.8 Å². The largest absolute Gasteiger partial charge is 0.387 e. The molecule has 0 amide bonds. The molecule has 0 radical (unpaired) electrons. The smallest absolute Gasteiger partial charge is 0.191 e. The fourth-order valence-corrected chi connectivity index (χ4v) is 4.74. The number of aliphatic hydroxyl groups is 1. The topological polar surface area (TPSA) is 59.9 Å². The van der Waals surface area contributed by atoms with Crippen molar-refractivity contribution in [3.8, 4) is 0 Å². The summed E-state index contributed by atoms with van der Waals surface area (Å²) in [6, 6.07) is 1.97. The van der Waals surface area contributed by atoms with Crippen LogP contribution in [-0.4, -0.2) is 71.3 Å². The van der Waals surface area contributed by atoms with Gasteiger partial charge in [-0.2, -0.15) is 11.8 Å². The molecule has 3 atom stereocenters. The van der Waals surface area contributed by atoms with Crippen LogP contribution in [0.5, 0.6) is 0 Å². The highest BCUT2D eigenvalue weighted by molar-refractivity contribution is 7.99. The van der Waals surface area contributed by atoms with Crippen LogP contribution in [0.4, 0.5) is 0 Å². The highest BCUT2D eigenvalue weighted by Gasteiger charge is 2.39. The number of hydrogen-bond acceptors (Lipinski definition) is 4. The summed E-state index contributed by atoms with van der Waals surface area (Å²) in [5.74, 6) is 2.71. The van der Waals surface area contributed by atoms with Crippen molar-refractivity contribution < 1.29 is 5.11 Å². The van der Waals surface area contributed by atoms with Gasteiger partial charge in [0.15, 0.2) is 5.96 Å². The van der Waals surface area contributed by atoms with Crippen LogP contribution in [-0.2, 0) is 0 Å². The van der Waals surface area contributed by atoms with Gasteiger partial charge in [-0.25, -0.2) is 0 Å². The maximum Gasteiger partial charge on any atom is 0.191 e. The van der Waals surface area contributed by atoms with Crippen molar-refractivity contribution >= 4 is 17.7 Å². The number of thioether (sulfide) groups is 1. The van der Waals surface area contributed by atoms with Gasteiger partial charge in [0.1, 0.15) is 0 Å². The Kier molecular flexibility index (Phi) is 4.66. The summed E-state index contributed by atoms with van der Waals surface area (Å²) >= 11 is 1.83. The quantitative estimate of drug-likeness (QED) is 0.525. The Balaban J connectivity index is 1.46. The summed E-state index contributed by atoms with van der Waals surface area (Å²) in [6.45, 7) is 4.04. The molecule has 3 aliphatic rings. The van der Waals surface area contributed by atoms with Gasteiger partial charge in [-0.3, -0.25) is 9.89 Å². The van der Waals surface area contributed by atoms with Crippen molar-refractivity contribution in [3.05, 3.63) is 0 Å². The SMILES string of the molecule is CN=C(NCC1(O)CCSC1)NC1CC(C)N(C2CC2)C1. The molecule has 0 aromatic carbocycles. The molecule has 1 saturated carbocycles. The molecule has 0 bridgehead atoms. The van der Waals surface area contributed by atoms with Crippen LogP contribution in [0.2, 0.25) is 0 Å². The number of guanidine groups is 1. The van der Waals surface area contributed by atoms with Crippen molar-refractivity contribution in [3.63, 3.8) is 0 Å². The van der Waals surface area contributed by atoms with Gasteiger partial charge in [-0.1, -0.05) is 0 Å². The molecule has 21 heavy (non-hydrogen) atoms. The Labute approximate surface area is 132 Å². The van der Waals surface area contributed by atoms with Gasteiger partial charge in [0.25, 0.3) is 0 Å². The number of rotatable bonds is 4. The van der Waals surface area contributed by atoms with Gasteiger partial charge < -0.3 is 15.7 Å². The first-order valence-corrected chi connectivity index (χ1v) is 9.28. The van der Waals surface area contributed by atoms with E-state index in [1.54, 1.807) is 7.05 Å². The first kappa shape index (κ1) is 15.4. The van der Waals surface area contributed by atoms with Crippen molar-refractivity contribution in [2.45, 2.75) is 56.3 Å². The Morgan fingerprint density at radius 3 is 2.90 bits per heavy atom. The normalized spacial score (nSPS) is 38.0. The van der Waals surface area contributed by atoms with Crippen LogP contribution in [0.25, 0.3) is 0 Å². The van der Waals surface area contributed by atoms with Crippen molar-refractivity contribution in [2.75, 3.05) is 31.6 Å². The molecular weight excluding hydrogens is 284 g/mol. The molecule has 5 nitrogen and oxygen atoms in total. The zero-order valence-electron chi connectivity index (χ0n) is 13.1. The lowest BCUT2D eigenvalue weighted by Gasteiger charge is -2.24. The fraction of sp³-hybridized carbons (Fsp3) is 0.933. The summed E-state index contributed by atoms with van der Waals surface area (Å²) in [4.78, 5) is 6.94. The van der Waals surface area contributed by atoms with E-state index in [0.717, 1.165) is 36.5 Å². The van der Waals surface area contributed by atoms with Crippen LogP contribution in [0.15, 0.2) is 4.99 Å². The second-order valence-electron chi connectivity index (χ2n) is 6.81. The highest BCUT2D eigenvalue weighted by Crippen LogP contribution is 2.33. The van der Waals surface area contributed by atoms with E-state index in [-0.39, 0.29) is 0 Å². The minimum absolute atomic E-state index is 0.472. The monoisotopic (exact) mass is 312 g/mol. The van der Waals surface area contributed by atoms with E-state index in [0.29, 0.717) is 18.6 Å². The van der Waals surface area contributed by atoms with Crippen LogP contribution in [0, 0.1) is 0 Å². The third-order valence-electron chi connectivity index (χ3n) is 4.87. The lowest BCUT2D eigenvalue weighted by Crippen LogP contribution is -2.50. The van der Waals surface area contributed by atoms with Gasteiger partial charge in [-0.05, 0) is 38.4 Å². The van der Waals surface area contributed by atoms with Crippen LogP contribution < -0.4 is 10.6 Å². The summed E-state index contributed by atoms with van der Waals surface area (Å²) in [5, 5.41) is 17.2. The molecule has 3 fully saturated rings. The molecule has 120 valence electrons. The molecule has 6 heteroatoms. The summed E-state index contributed by atoms with van der Waals surface area (Å²) in [6.07, 6.45) is 4.79. The molecule has 2 aliphatic heterocycles. The third kappa shape index (κ3) is 3.85. The van der Waals surface area contributed by atoms with Crippen molar-refractivity contribution in [2.24, 2.45) is 4.99 Å². The Morgan fingerprint density at radius 1 is 1.48 bits per heavy atom. The van der Waals surface area contributed by atoms with Gasteiger partial charge in [-0.15, -0.1) is 0 Å². The molecular formula is C15H28N4OS. The molecule has 2 heterocycles. The maximum atomic E-state index is 10.4. The Bertz CT molecular complexity index is 393. The van der Waals surface area contributed by atoms with Gasteiger partial charge >= 0.3 is 0 Å². The first-order chi connectivity index (χ1) is 10.1. The summed E-state index contributed by atoms with van der Waals surface area (Å²) in [7, 11) is 1.81. The Hall–Kier alpha value is -0.460. The predicted octanol–water partition coefficient (Wildman–Crippen LogP) is 0.645. The van der Waals surface area contributed by atoms with E-state index in [2.05, 4.69) is 27.4 Å². The number of hydrogen-bond donors (Lipinski definition) is 3. The van der Waals surface area contributed by atoms with Crippen molar-refractivity contribution in [1.82, 2.24) is 15.5 Å². The predicted molar refractivity (Wildman–Crippen MR) is 89.0 cm³/mol.